The minimum Gasteiger partial charge on any atom is -0.368 e. The van der Waals surface area contributed by atoms with Crippen molar-refractivity contribution >= 4 is 11.8 Å². The molecular formula is C16H30N4O2. The lowest BCUT2D eigenvalue weighted by Gasteiger charge is -2.39. The molecule has 0 aromatic carbocycles. The van der Waals surface area contributed by atoms with E-state index in [0.29, 0.717) is 12.6 Å². The van der Waals surface area contributed by atoms with Crippen molar-refractivity contribution in [1.82, 2.24) is 14.7 Å². The molecule has 2 rings (SSSR count). The van der Waals surface area contributed by atoms with Gasteiger partial charge >= 0.3 is 0 Å². The molecule has 0 aliphatic carbocycles. The van der Waals surface area contributed by atoms with Crippen LogP contribution in [-0.4, -0.2) is 77.9 Å². The minimum absolute atomic E-state index is 0.167. The average molecular weight is 310 g/mol. The molecule has 2 N–H and O–H groups in total. The zero-order valence-electron chi connectivity index (χ0n) is 14.0. The molecule has 6 nitrogen and oxygen atoms in total. The van der Waals surface area contributed by atoms with Crippen molar-refractivity contribution in [3.05, 3.63) is 0 Å². The fourth-order valence-corrected chi connectivity index (χ4v) is 3.62. The molecular weight excluding hydrogens is 280 g/mol. The van der Waals surface area contributed by atoms with Gasteiger partial charge in [-0.3, -0.25) is 19.4 Å². The third-order valence-electron chi connectivity index (χ3n) is 5.04. The Morgan fingerprint density at radius 2 is 1.82 bits per heavy atom. The Kier molecular flexibility index (Phi) is 6.20. The number of carbonyl (C=O) groups excluding carboxylic acids is 2. The number of rotatable bonds is 5. The van der Waals surface area contributed by atoms with Crippen LogP contribution in [0.4, 0.5) is 0 Å². The van der Waals surface area contributed by atoms with E-state index < -0.39 is 0 Å². The van der Waals surface area contributed by atoms with E-state index in [4.69, 9.17) is 5.73 Å². The SMILES string of the molecule is CC[C@H](C(N)=O)N1CCN(CC(=O)N2CCCC[C@@H]2C)CC1. The summed E-state index contributed by atoms with van der Waals surface area (Å²) in [5.41, 5.74) is 5.45. The van der Waals surface area contributed by atoms with Gasteiger partial charge in [0.2, 0.25) is 11.8 Å². The normalized spacial score (nSPS) is 25.9. The summed E-state index contributed by atoms with van der Waals surface area (Å²) < 4.78 is 0. The molecule has 0 spiro atoms. The number of nitrogens with zero attached hydrogens (tertiary/aromatic N) is 3. The largest absolute Gasteiger partial charge is 0.368 e. The summed E-state index contributed by atoms with van der Waals surface area (Å²) in [5, 5.41) is 0. The molecule has 0 saturated carbocycles. The summed E-state index contributed by atoms with van der Waals surface area (Å²) in [6.45, 7) is 8.83. The van der Waals surface area contributed by atoms with E-state index in [2.05, 4.69) is 16.7 Å². The lowest BCUT2D eigenvalue weighted by atomic mass is 10.0. The summed E-state index contributed by atoms with van der Waals surface area (Å²) in [5.74, 6) is 0.0109. The van der Waals surface area contributed by atoms with Gasteiger partial charge in [-0.1, -0.05) is 6.92 Å². The van der Waals surface area contributed by atoms with Crippen LogP contribution >= 0.6 is 0 Å². The number of likely N-dealkylation sites (tertiary alicyclic amines) is 1. The topological polar surface area (TPSA) is 69.9 Å². The Balaban J connectivity index is 1.79. The minimum atomic E-state index is -0.242. The van der Waals surface area contributed by atoms with Crippen LogP contribution < -0.4 is 5.73 Å². The van der Waals surface area contributed by atoms with Crippen molar-refractivity contribution in [2.75, 3.05) is 39.3 Å². The number of piperidine rings is 1. The maximum atomic E-state index is 12.5. The second kappa shape index (κ2) is 7.92. The van der Waals surface area contributed by atoms with Gasteiger partial charge in [0.1, 0.15) is 0 Å². The molecule has 22 heavy (non-hydrogen) atoms. The quantitative estimate of drug-likeness (QED) is 0.791. The molecule has 2 heterocycles. The van der Waals surface area contributed by atoms with Gasteiger partial charge < -0.3 is 10.6 Å². The van der Waals surface area contributed by atoms with E-state index in [0.717, 1.165) is 52.0 Å². The first kappa shape index (κ1) is 17.2. The van der Waals surface area contributed by atoms with E-state index >= 15 is 0 Å². The van der Waals surface area contributed by atoms with Crippen LogP contribution in [0.1, 0.15) is 39.5 Å². The van der Waals surface area contributed by atoms with Gasteiger partial charge in [-0.25, -0.2) is 0 Å². The molecule has 0 unspecified atom stereocenters. The second-order valence-corrected chi connectivity index (χ2v) is 6.57. The van der Waals surface area contributed by atoms with Crippen LogP contribution in [0.15, 0.2) is 0 Å². The highest BCUT2D eigenvalue weighted by atomic mass is 16.2. The highest BCUT2D eigenvalue weighted by Crippen LogP contribution is 2.17. The molecule has 2 fully saturated rings. The molecule has 2 saturated heterocycles. The van der Waals surface area contributed by atoms with Crippen molar-refractivity contribution in [2.24, 2.45) is 5.73 Å². The number of piperazine rings is 1. The van der Waals surface area contributed by atoms with Crippen molar-refractivity contribution in [3.8, 4) is 0 Å². The second-order valence-electron chi connectivity index (χ2n) is 6.57. The Hall–Kier alpha value is -1.14. The van der Waals surface area contributed by atoms with Crippen LogP contribution in [0.2, 0.25) is 0 Å². The summed E-state index contributed by atoms with van der Waals surface area (Å²) in [6.07, 6.45) is 4.23. The molecule has 6 heteroatoms. The first-order valence-corrected chi connectivity index (χ1v) is 8.58. The molecule has 2 aliphatic heterocycles. The lowest BCUT2D eigenvalue weighted by molar-refractivity contribution is -0.136. The molecule has 0 bridgehead atoms. The summed E-state index contributed by atoms with van der Waals surface area (Å²) in [6, 6.07) is 0.210. The Bertz CT molecular complexity index is 394. The van der Waals surface area contributed by atoms with E-state index in [9.17, 15) is 9.59 Å². The fraction of sp³-hybridized carbons (Fsp3) is 0.875. The lowest BCUT2D eigenvalue weighted by Crippen LogP contribution is -2.56. The Morgan fingerprint density at radius 3 is 2.36 bits per heavy atom. The highest BCUT2D eigenvalue weighted by molar-refractivity contribution is 5.80. The zero-order valence-corrected chi connectivity index (χ0v) is 14.0. The van der Waals surface area contributed by atoms with Crippen molar-refractivity contribution in [1.29, 1.82) is 0 Å². The first-order chi connectivity index (χ1) is 10.5. The number of nitrogens with two attached hydrogens (primary N) is 1. The van der Waals surface area contributed by atoms with Gasteiger partial charge in [0.05, 0.1) is 12.6 Å². The monoisotopic (exact) mass is 310 g/mol. The van der Waals surface area contributed by atoms with E-state index in [1.165, 1.54) is 6.42 Å². The van der Waals surface area contributed by atoms with E-state index in [-0.39, 0.29) is 17.9 Å². The highest BCUT2D eigenvalue weighted by Gasteiger charge is 2.29. The van der Waals surface area contributed by atoms with Crippen LogP contribution in [0, 0.1) is 0 Å². The van der Waals surface area contributed by atoms with Crippen LogP contribution in [-0.2, 0) is 9.59 Å². The Morgan fingerprint density at radius 1 is 1.14 bits per heavy atom. The molecule has 0 aromatic heterocycles. The maximum Gasteiger partial charge on any atom is 0.236 e. The van der Waals surface area contributed by atoms with Crippen LogP contribution in [0.5, 0.6) is 0 Å². The van der Waals surface area contributed by atoms with Crippen molar-refractivity contribution < 1.29 is 9.59 Å². The van der Waals surface area contributed by atoms with Gasteiger partial charge in [-0.05, 0) is 32.6 Å². The Labute approximate surface area is 133 Å². The van der Waals surface area contributed by atoms with Gasteiger partial charge in [0, 0.05) is 38.8 Å². The predicted octanol–water partition coefficient (Wildman–Crippen LogP) is 0.269. The number of carbonyl (C=O) groups is 2. The molecule has 0 aromatic rings. The van der Waals surface area contributed by atoms with Gasteiger partial charge in [0.15, 0.2) is 0 Å². The maximum absolute atomic E-state index is 12.5. The number of hydrogen-bond donors (Lipinski definition) is 1. The number of hydrogen-bond acceptors (Lipinski definition) is 4. The van der Waals surface area contributed by atoms with Gasteiger partial charge in [-0.15, -0.1) is 0 Å². The van der Waals surface area contributed by atoms with E-state index in [1.807, 2.05) is 11.8 Å². The fourth-order valence-electron chi connectivity index (χ4n) is 3.62. The van der Waals surface area contributed by atoms with Gasteiger partial charge in [-0.2, -0.15) is 0 Å². The first-order valence-electron chi connectivity index (χ1n) is 8.58. The van der Waals surface area contributed by atoms with Crippen molar-refractivity contribution in [3.63, 3.8) is 0 Å². The predicted molar refractivity (Wildman–Crippen MR) is 86.3 cm³/mol. The van der Waals surface area contributed by atoms with E-state index in [1.54, 1.807) is 0 Å². The third kappa shape index (κ3) is 4.20. The number of amides is 2. The molecule has 2 aliphatic rings. The van der Waals surface area contributed by atoms with Gasteiger partial charge in [0.25, 0.3) is 0 Å². The third-order valence-corrected chi connectivity index (χ3v) is 5.04. The molecule has 2 atom stereocenters. The summed E-state index contributed by atoms with van der Waals surface area (Å²) in [7, 11) is 0. The standard InChI is InChI=1S/C16H30N4O2/c1-3-14(16(17)22)19-10-8-18(9-11-19)12-15(21)20-7-5-4-6-13(20)2/h13-14H,3-12H2,1-2H3,(H2,17,22)/t13-,14+/m0/s1. The summed E-state index contributed by atoms with van der Waals surface area (Å²) in [4.78, 5) is 30.3. The van der Waals surface area contributed by atoms with Crippen LogP contribution in [0.25, 0.3) is 0 Å². The smallest absolute Gasteiger partial charge is 0.236 e. The van der Waals surface area contributed by atoms with Crippen LogP contribution in [0.3, 0.4) is 0 Å². The van der Waals surface area contributed by atoms with Crippen molar-refractivity contribution in [2.45, 2.75) is 51.6 Å². The zero-order chi connectivity index (χ0) is 16.1. The number of primary amides is 1. The summed E-state index contributed by atoms with van der Waals surface area (Å²) >= 11 is 0. The molecule has 2 amide bonds. The molecule has 126 valence electrons. The average Bonchev–Trinajstić information content (AvgIpc) is 2.49. The molecule has 0 radical (unpaired) electrons.